The Labute approximate surface area is 167 Å². The van der Waals surface area contributed by atoms with E-state index in [9.17, 15) is 4.79 Å². The molecule has 0 aliphatic carbocycles. The van der Waals surface area contributed by atoms with Crippen LogP contribution in [0.15, 0.2) is 36.7 Å². The highest BCUT2D eigenvalue weighted by atomic mass is 16.5. The third-order valence-electron chi connectivity index (χ3n) is 4.40. The quantitative estimate of drug-likeness (QED) is 0.621. The van der Waals surface area contributed by atoms with E-state index < -0.39 is 0 Å². The van der Waals surface area contributed by atoms with E-state index in [2.05, 4.69) is 23.8 Å². The largest absolute Gasteiger partial charge is 0.497 e. The van der Waals surface area contributed by atoms with Gasteiger partial charge in [-0.2, -0.15) is 4.98 Å². The summed E-state index contributed by atoms with van der Waals surface area (Å²) in [5, 5.41) is 0. The smallest absolute Gasteiger partial charge is 0.239 e. The first-order valence-electron chi connectivity index (χ1n) is 9.48. The second-order valence-corrected chi connectivity index (χ2v) is 7.16. The molecule has 0 atom stereocenters. The predicted molar refractivity (Wildman–Crippen MR) is 110 cm³/mol. The number of hydrogen-bond donors (Lipinski definition) is 0. The number of methoxy groups -OCH3 is 1. The second-order valence-electron chi connectivity index (χ2n) is 7.16. The van der Waals surface area contributed by atoms with Crippen LogP contribution in [0.4, 0.5) is 5.82 Å². The molecule has 0 spiro atoms. The Balaban J connectivity index is 1.90. The Morgan fingerprint density at radius 2 is 1.75 bits per heavy atom. The minimum absolute atomic E-state index is 0.171. The maximum absolute atomic E-state index is 12.2. The summed E-state index contributed by atoms with van der Waals surface area (Å²) in [7, 11) is 5.38. The minimum atomic E-state index is 0.171. The number of likely N-dealkylation sites (N-methyl/N-ethyl adjacent to an activating group) is 2. The molecule has 1 aromatic carbocycles. The van der Waals surface area contributed by atoms with E-state index in [-0.39, 0.29) is 5.91 Å². The molecule has 2 rings (SSSR count). The highest BCUT2D eigenvalue weighted by molar-refractivity contribution is 5.75. The number of nitrogens with zero attached hydrogens (tertiary/aromatic N) is 4. The van der Waals surface area contributed by atoms with Crippen molar-refractivity contribution in [3.05, 3.63) is 36.7 Å². The summed E-state index contributed by atoms with van der Waals surface area (Å²) >= 11 is 0. The number of rotatable bonds is 10. The summed E-state index contributed by atoms with van der Waals surface area (Å²) < 4.78 is 10.9. The maximum atomic E-state index is 12.2. The van der Waals surface area contributed by atoms with E-state index >= 15 is 0 Å². The molecule has 0 aliphatic rings. The number of carbonyl (C=O) groups is 1. The molecule has 28 heavy (non-hydrogen) atoms. The van der Waals surface area contributed by atoms with Crippen molar-refractivity contribution >= 4 is 11.7 Å². The molecule has 0 radical (unpaired) electrons. The first-order chi connectivity index (χ1) is 13.4. The van der Waals surface area contributed by atoms with Crippen molar-refractivity contribution in [2.24, 2.45) is 5.92 Å². The highest BCUT2D eigenvalue weighted by Crippen LogP contribution is 2.23. The van der Waals surface area contributed by atoms with Gasteiger partial charge in [0.2, 0.25) is 11.8 Å². The van der Waals surface area contributed by atoms with Crippen LogP contribution in [-0.2, 0) is 4.79 Å². The molecule has 1 heterocycles. The van der Waals surface area contributed by atoms with Crippen LogP contribution in [-0.4, -0.2) is 55.1 Å². The summed E-state index contributed by atoms with van der Waals surface area (Å²) in [5.41, 5.74) is 0. The van der Waals surface area contributed by atoms with Gasteiger partial charge in [-0.05, 0) is 36.6 Å². The number of carbonyl (C=O) groups excluding carboxylic acids is 1. The molecule has 2 aromatic rings. The molecule has 152 valence electrons. The fourth-order valence-corrected chi connectivity index (χ4v) is 2.48. The van der Waals surface area contributed by atoms with Gasteiger partial charge in [-0.1, -0.05) is 13.8 Å². The predicted octanol–water partition coefficient (Wildman–Crippen LogP) is 3.61. The number of hydrogen-bond acceptors (Lipinski definition) is 6. The number of anilines is 1. The lowest BCUT2D eigenvalue weighted by atomic mass is 10.1. The molecule has 0 unspecified atom stereocenters. The third kappa shape index (κ3) is 6.72. The van der Waals surface area contributed by atoms with Gasteiger partial charge in [0, 0.05) is 33.6 Å². The fraction of sp³-hybridized carbons (Fsp3) is 0.476. The number of aromatic nitrogens is 2. The molecular weight excluding hydrogens is 356 g/mol. The minimum Gasteiger partial charge on any atom is -0.497 e. The van der Waals surface area contributed by atoms with Crippen molar-refractivity contribution in [3.8, 4) is 17.4 Å². The van der Waals surface area contributed by atoms with Gasteiger partial charge in [-0.15, -0.1) is 0 Å². The van der Waals surface area contributed by atoms with Crippen molar-refractivity contribution < 1.29 is 14.3 Å². The Kier molecular flexibility index (Phi) is 8.04. The van der Waals surface area contributed by atoms with Crippen LogP contribution in [0, 0.1) is 5.92 Å². The van der Waals surface area contributed by atoms with Crippen molar-refractivity contribution in [2.75, 3.05) is 39.2 Å². The van der Waals surface area contributed by atoms with Crippen LogP contribution in [0.1, 0.15) is 26.7 Å². The molecule has 1 amide bonds. The van der Waals surface area contributed by atoms with Gasteiger partial charge in [0.1, 0.15) is 11.5 Å². The van der Waals surface area contributed by atoms with Crippen LogP contribution in [0.2, 0.25) is 0 Å². The van der Waals surface area contributed by atoms with Crippen LogP contribution >= 0.6 is 0 Å². The molecule has 0 bridgehead atoms. The van der Waals surface area contributed by atoms with Crippen molar-refractivity contribution in [1.29, 1.82) is 0 Å². The molecule has 0 N–H and O–H groups in total. The van der Waals surface area contributed by atoms with E-state index in [1.807, 2.05) is 43.3 Å². The van der Waals surface area contributed by atoms with Gasteiger partial charge in [0.25, 0.3) is 0 Å². The summed E-state index contributed by atoms with van der Waals surface area (Å²) in [6.07, 6.45) is 4.75. The molecule has 7 heteroatoms. The fourth-order valence-electron chi connectivity index (χ4n) is 2.48. The van der Waals surface area contributed by atoms with E-state index in [1.54, 1.807) is 24.4 Å². The summed E-state index contributed by atoms with van der Waals surface area (Å²) in [6.45, 7) is 5.53. The standard InChI is InChI=1S/C21H30N4O3/c1-16(2)6-11-21(26)25(4)13-12-24(3)19-14-22-15-20(23-19)28-18-9-7-17(27-5)8-10-18/h7-10,14-16H,6,11-13H2,1-5H3. The van der Waals surface area contributed by atoms with E-state index in [1.165, 1.54) is 0 Å². The lowest BCUT2D eigenvalue weighted by molar-refractivity contribution is -0.130. The van der Waals surface area contributed by atoms with Gasteiger partial charge in [0.05, 0.1) is 19.5 Å². The molecular formula is C21H30N4O3. The van der Waals surface area contributed by atoms with E-state index in [4.69, 9.17) is 9.47 Å². The zero-order valence-corrected chi connectivity index (χ0v) is 17.4. The Bertz CT molecular complexity index is 750. The molecule has 0 fully saturated rings. The first kappa shape index (κ1) is 21.5. The van der Waals surface area contributed by atoms with Gasteiger partial charge in [-0.25, -0.2) is 0 Å². The van der Waals surface area contributed by atoms with Gasteiger partial charge in [0.15, 0.2) is 5.82 Å². The van der Waals surface area contributed by atoms with Gasteiger partial charge < -0.3 is 19.3 Å². The first-order valence-corrected chi connectivity index (χ1v) is 9.48. The number of ether oxygens (including phenoxy) is 2. The highest BCUT2D eigenvalue weighted by Gasteiger charge is 2.12. The van der Waals surface area contributed by atoms with Gasteiger partial charge >= 0.3 is 0 Å². The third-order valence-corrected chi connectivity index (χ3v) is 4.40. The average molecular weight is 386 g/mol. The summed E-state index contributed by atoms with van der Waals surface area (Å²) in [6, 6.07) is 7.28. The van der Waals surface area contributed by atoms with Crippen LogP contribution in [0.25, 0.3) is 0 Å². The van der Waals surface area contributed by atoms with Crippen LogP contribution in [0.3, 0.4) is 0 Å². The van der Waals surface area contributed by atoms with Crippen molar-refractivity contribution in [1.82, 2.24) is 14.9 Å². The average Bonchev–Trinajstić information content (AvgIpc) is 2.70. The zero-order valence-electron chi connectivity index (χ0n) is 17.4. The second kappa shape index (κ2) is 10.5. The van der Waals surface area contributed by atoms with Gasteiger partial charge in [-0.3, -0.25) is 9.78 Å². The number of benzene rings is 1. The Hall–Kier alpha value is -2.83. The Morgan fingerprint density at radius 3 is 2.39 bits per heavy atom. The SMILES string of the molecule is COc1ccc(Oc2cncc(N(C)CCN(C)C(=O)CCC(C)C)n2)cc1. The van der Waals surface area contributed by atoms with Crippen LogP contribution < -0.4 is 14.4 Å². The lowest BCUT2D eigenvalue weighted by Crippen LogP contribution is -2.35. The van der Waals surface area contributed by atoms with Crippen molar-refractivity contribution in [3.63, 3.8) is 0 Å². The van der Waals surface area contributed by atoms with E-state index in [0.717, 1.165) is 12.2 Å². The van der Waals surface area contributed by atoms with Crippen molar-refractivity contribution in [2.45, 2.75) is 26.7 Å². The molecule has 1 aromatic heterocycles. The molecule has 0 aliphatic heterocycles. The maximum Gasteiger partial charge on any atom is 0.239 e. The molecule has 0 saturated carbocycles. The van der Waals surface area contributed by atoms with E-state index in [0.29, 0.717) is 42.9 Å². The zero-order chi connectivity index (χ0) is 20.5. The molecule has 0 saturated heterocycles. The van der Waals surface area contributed by atoms with Crippen LogP contribution in [0.5, 0.6) is 17.4 Å². The summed E-state index contributed by atoms with van der Waals surface area (Å²) in [4.78, 5) is 24.6. The lowest BCUT2D eigenvalue weighted by Gasteiger charge is -2.23. The number of amides is 1. The normalized spacial score (nSPS) is 10.6. The summed E-state index contributed by atoms with van der Waals surface area (Å²) in [5.74, 6) is 3.22. The Morgan fingerprint density at radius 1 is 1.07 bits per heavy atom. The monoisotopic (exact) mass is 386 g/mol. The molecule has 7 nitrogen and oxygen atoms in total. The topological polar surface area (TPSA) is 67.8 Å².